The van der Waals surface area contributed by atoms with E-state index in [0.29, 0.717) is 89.5 Å². The SMILES string of the molecule is COc1nc(O[C@H]2CCc3c(-c4nccc(-c5ccc(CN(C(=O)OC(C)(C)C)C6CCOCC6)c(OC)n5)c4Cl)cccc32)c(C(F)(F)F)cc1C=O. The molecule has 1 amide bonds. The lowest BCUT2D eigenvalue weighted by Gasteiger charge is -2.35. The highest BCUT2D eigenvalue weighted by atomic mass is 35.5. The predicted molar refractivity (Wildman–Crippen MR) is 193 cm³/mol. The summed E-state index contributed by atoms with van der Waals surface area (Å²) >= 11 is 7.07. The largest absolute Gasteiger partial charge is 0.481 e. The van der Waals surface area contributed by atoms with Gasteiger partial charge < -0.3 is 28.6 Å². The van der Waals surface area contributed by atoms with Gasteiger partial charge in [0.2, 0.25) is 17.6 Å². The van der Waals surface area contributed by atoms with Crippen molar-refractivity contribution >= 4 is 24.0 Å². The monoisotopic (exact) mass is 768 g/mol. The number of aromatic nitrogens is 3. The van der Waals surface area contributed by atoms with Crippen LogP contribution >= 0.6 is 11.6 Å². The molecule has 0 N–H and O–H groups in total. The Morgan fingerprint density at radius 3 is 2.39 bits per heavy atom. The van der Waals surface area contributed by atoms with Gasteiger partial charge in [-0.25, -0.2) is 9.78 Å². The molecule has 0 bridgehead atoms. The number of alkyl halides is 3. The number of nitrogens with zero attached hydrogens (tertiary/aromatic N) is 4. The van der Waals surface area contributed by atoms with Crippen LogP contribution in [0.1, 0.15) is 78.7 Å². The molecule has 0 spiro atoms. The Hall–Kier alpha value is -4.95. The standard InChI is InChI=1S/C39H40ClF3N4O7/c1-38(2,3)54-37(49)47(24-14-17-52-18-15-24)20-22-9-11-30(45-34(22)50-4)28-13-16-44-33(32(28)40)27-8-6-7-26-25(27)10-12-31(26)53-36-29(39(41,42)43)19-23(21-48)35(46-36)51-5/h6-9,11,13,16,19,21,24,31H,10,12,14-15,17-18,20H2,1-5H3/t31-/m0/s1. The minimum absolute atomic E-state index is 0.0819. The second kappa shape index (κ2) is 15.8. The zero-order valence-electron chi connectivity index (χ0n) is 30.5. The second-order valence-electron chi connectivity index (χ2n) is 13.9. The van der Waals surface area contributed by atoms with Gasteiger partial charge in [0, 0.05) is 42.1 Å². The maximum absolute atomic E-state index is 14.0. The highest BCUT2D eigenvalue weighted by Crippen LogP contribution is 2.45. The second-order valence-corrected chi connectivity index (χ2v) is 14.3. The number of carbonyl (C=O) groups excluding carboxylic acids is 2. The third-order valence-corrected chi connectivity index (χ3v) is 9.61. The lowest BCUT2D eigenvalue weighted by atomic mass is 9.98. The van der Waals surface area contributed by atoms with E-state index in [1.807, 2.05) is 32.9 Å². The van der Waals surface area contributed by atoms with Crippen molar-refractivity contribution in [1.29, 1.82) is 0 Å². The minimum atomic E-state index is -4.83. The fourth-order valence-corrected chi connectivity index (χ4v) is 7.03. The number of benzene rings is 1. The summed E-state index contributed by atoms with van der Waals surface area (Å²) in [6.45, 7) is 6.77. The number of fused-ring (bicyclic) bond motifs is 1. The van der Waals surface area contributed by atoms with Gasteiger partial charge in [0.15, 0.2) is 6.29 Å². The van der Waals surface area contributed by atoms with Gasteiger partial charge in [-0.1, -0.05) is 29.8 Å². The molecule has 3 aromatic heterocycles. The fraction of sp³-hybridized carbons (Fsp3) is 0.410. The van der Waals surface area contributed by atoms with Crippen molar-refractivity contribution in [2.75, 3.05) is 27.4 Å². The van der Waals surface area contributed by atoms with E-state index in [2.05, 4.69) is 9.97 Å². The molecule has 286 valence electrons. The van der Waals surface area contributed by atoms with Crippen LogP contribution in [0.2, 0.25) is 5.02 Å². The van der Waals surface area contributed by atoms with E-state index in [4.69, 9.17) is 40.3 Å². The summed E-state index contributed by atoms with van der Waals surface area (Å²) in [6.07, 6.45) is -2.01. The number of ether oxygens (including phenoxy) is 5. The van der Waals surface area contributed by atoms with E-state index in [0.717, 1.165) is 5.56 Å². The van der Waals surface area contributed by atoms with Crippen LogP contribution in [0.15, 0.2) is 48.7 Å². The van der Waals surface area contributed by atoms with Gasteiger partial charge >= 0.3 is 12.3 Å². The molecule has 6 rings (SSSR count). The lowest BCUT2D eigenvalue weighted by Crippen LogP contribution is -2.45. The van der Waals surface area contributed by atoms with Gasteiger partial charge in [-0.3, -0.25) is 9.78 Å². The highest BCUT2D eigenvalue weighted by molar-refractivity contribution is 6.35. The number of methoxy groups -OCH3 is 2. The van der Waals surface area contributed by atoms with Crippen molar-refractivity contribution in [2.45, 2.75) is 76.9 Å². The van der Waals surface area contributed by atoms with Gasteiger partial charge in [-0.05, 0) is 81.8 Å². The molecule has 0 saturated carbocycles. The first kappa shape index (κ1) is 38.8. The van der Waals surface area contributed by atoms with Gasteiger partial charge in [-0.15, -0.1) is 0 Å². The van der Waals surface area contributed by atoms with Crippen molar-refractivity contribution in [3.8, 4) is 40.2 Å². The Balaban J connectivity index is 1.30. The first-order valence-corrected chi connectivity index (χ1v) is 17.8. The Kier molecular flexibility index (Phi) is 11.3. The quantitative estimate of drug-likeness (QED) is 0.145. The number of pyridine rings is 3. The summed E-state index contributed by atoms with van der Waals surface area (Å²) in [5, 5.41) is 0.311. The van der Waals surface area contributed by atoms with Crippen molar-refractivity contribution in [1.82, 2.24) is 19.9 Å². The number of rotatable bonds is 10. The molecule has 1 atom stereocenters. The number of carbonyl (C=O) groups is 2. The Morgan fingerprint density at radius 1 is 0.981 bits per heavy atom. The predicted octanol–water partition coefficient (Wildman–Crippen LogP) is 8.69. The Bertz CT molecular complexity index is 2030. The van der Waals surface area contributed by atoms with Crippen molar-refractivity contribution in [2.24, 2.45) is 0 Å². The van der Waals surface area contributed by atoms with E-state index < -0.39 is 35.4 Å². The zero-order chi connectivity index (χ0) is 38.8. The molecule has 0 radical (unpaired) electrons. The third-order valence-electron chi connectivity index (χ3n) is 9.23. The van der Waals surface area contributed by atoms with Crippen molar-refractivity contribution < 1.29 is 46.4 Å². The molecule has 4 heterocycles. The molecular formula is C39H40ClF3N4O7. The fourth-order valence-electron chi connectivity index (χ4n) is 6.72. The molecule has 1 aliphatic heterocycles. The molecule has 1 aromatic carbocycles. The van der Waals surface area contributed by atoms with Crippen LogP contribution in [0.25, 0.3) is 22.5 Å². The number of halogens is 4. The molecule has 11 nitrogen and oxygen atoms in total. The number of hydrogen-bond acceptors (Lipinski definition) is 10. The third kappa shape index (κ3) is 8.24. The number of aldehydes is 1. The maximum Gasteiger partial charge on any atom is 0.421 e. The number of amides is 1. The summed E-state index contributed by atoms with van der Waals surface area (Å²) < 4.78 is 70.1. The summed E-state index contributed by atoms with van der Waals surface area (Å²) in [7, 11) is 2.72. The van der Waals surface area contributed by atoms with Crippen LogP contribution in [-0.2, 0) is 28.6 Å². The van der Waals surface area contributed by atoms with Gasteiger partial charge in [0.25, 0.3) is 0 Å². The molecule has 15 heteroatoms. The van der Waals surface area contributed by atoms with Crippen LogP contribution < -0.4 is 14.2 Å². The summed E-state index contributed by atoms with van der Waals surface area (Å²) in [5.41, 5.74) is 2.18. The van der Waals surface area contributed by atoms with Crippen molar-refractivity contribution in [3.63, 3.8) is 0 Å². The molecule has 0 unspecified atom stereocenters. The first-order chi connectivity index (χ1) is 25.7. The van der Waals surface area contributed by atoms with E-state index in [-0.39, 0.29) is 30.3 Å². The summed E-state index contributed by atoms with van der Waals surface area (Å²) in [5.74, 6) is -0.643. The molecule has 4 aromatic rings. The van der Waals surface area contributed by atoms with Crippen LogP contribution in [0.5, 0.6) is 17.6 Å². The maximum atomic E-state index is 14.0. The first-order valence-electron chi connectivity index (χ1n) is 17.4. The van der Waals surface area contributed by atoms with Gasteiger partial charge in [-0.2, -0.15) is 18.2 Å². The average molecular weight is 769 g/mol. The van der Waals surface area contributed by atoms with Crippen molar-refractivity contribution in [3.05, 3.63) is 81.5 Å². The summed E-state index contributed by atoms with van der Waals surface area (Å²) in [6, 6.07) is 11.4. The van der Waals surface area contributed by atoms with E-state index in [1.54, 1.807) is 35.4 Å². The van der Waals surface area contributed by atoms with Gasteiger partial charge in [0.05, 0.1) is 42.7 Å². The zero-order valence-corrected chi connectivity index (χ0v) is 31.2. The van der Waals surface area contributed by atoms with Crippen LogP contribution in [0, 0.1) is 0 Å². The van der Waals surface area contributed by atoms with Crippen LogP contribution in [0.4, 0.5) is 18.0 Å². The van der Waals surface area contributed by atoms with Crippen LogP contribution in [-0.4, -0.2) is 71.3 Å². The molecule has 2 aliphatic rings. The lowest BCUT2D eigenvalue weighted by molar-refractivity contribution is -0.139. The van der Waals surface area contributed by atoms with Gasteiger partial charge in [0.1, 0.15) is 17.3 Å². The Labute approximate surface area is 315 Å². The normalized spacial score (nSPS) is 16.1. The van der Waals surface area contributed by atoms with E-state index in [1.165, 1.54) is 14.2 Å². The molecule has 54 heavy (non-hydrogen) atoms. The molecule has 1 saturated heterocycles. The summed E-state index contributed by atoms with van der Waals surface area (Å²) in [4.78, 5) is 39.8. The average Bonchev–Trinajstić information content (AvgIpc) is 3.55. The van der Waals surface area contributed by atoms with E-state index >= 15 is 0 Å². The molecule has 1 fully saturated rings. The minimum Gasteiger partial charge on any atom is -0.481 e. The smallest absolute Gasteiger partial charge is 0.421 e. The van der Waals surface area contributed by atoms with E-state index in [9.17, 15) is 22.8 Å². The molecular weight excluding hydrogens is 729 g/mol. The Morgan fingerprint density at radius 2 is 1.72 bits per heavy atom. The topological polar surface area (TPSA) is 122 Å². The molecule has 1 aliphatic carbocycles. The number of hydrogen-bond donors (Lipinski definition) is 0. The van der Waals surface area contributed by atoms with Crippen LogP contribution in [0.3, 0.4) is 0 Å². The highest BCUT2D eigenvalue weighted by Gasteiger charge is 2.39.